The van der Waals surface area contributed by atoms with Gasteiger partial charge in [-0.15, -0.1) is 0 Å². The maximum Gasteiger partial charge on any atom is 0.405 e. The van der Waals surface area contributed by atoms with Crippen molar-refractivity contribution in [2.24, 2.45) is 5.92 Å². The van der Waals surface area contributed by atoms with Crippen LogP contribution < -0.4 is 16.2 Å². The molecule has 2 aliphatic rings. The van der Waals surface area contributed by atoms with Crippen LogP contribution in [0.2, 0.25) is 0 Å². The van der Waals surface area contributed by atoms with Gasteiger partial charge in [0.15, 0.2) is 0 Å². The minimum absolute atomic E-state index is 0.0376. The number of aromatic amines is 1. The number of aromatic nitrogens is 1. The van der Waals surface area contributed by atoms with Gasteiger partial charge in [-0.25, -0.2) is 0 Å². The van der Waals surface area contributed by atoms with E-state index in [0.717, 1.165) is 30.5 Å². The second kappa shape index (κ2) is 7.13. The third kappa shape index (κ3) is 4.25. The number of aryl methyl sites for hydroxylation is 2. The van der Waals surface area contributed by atoms with E-state index in [4.69, 9.17) is 0 Å². The van der Waals surface area contributed by atoms with E-state index in [-0.39, 0.29) is 18.0 Å². The Labute approximate surface area is 147 Å². The second-order valence-electron chi connectivity index (χ2n) is 6.88. The standard InChI is InChI=1S/C17H20F3N3O3/c18-17(19,20)8-21-14(24)10-4-5-11(6-10)22-15(25)12-7-9-2-1-3-13(9)23-16(12)26/h7,10-11H,1-6,8H2,(H,21,24)(H,22,25)(H,23,26)/t10-,11+/m0/s1. The minimum atomic E-state index is -4.45. The Bertz CT molecular complexity index is 773. The number of carbonyl (C=O) groups excluding carboxylic acids is 2. The van der Waals surface area contributed by atoms with Gasteiger partial charge < -0.3 is 15.6 Å². The summed E-state index contributed by atoms with van der Waals surface area (Å²) >= 11 is 0. The van der Waals surface area contributed by atoms with Gasteiger partial charge in [0.2, 0.25) is 5.91 Å². The largest absolute Gasteiger partial charge is 0.405 e. The van der Waals surface area contributed by atoms with Crippen LogP contribution in [0.3, 0.4) is 0 Å². The molecule has 0 saturated heterocycles. The third-order valence-electron chi connectivity index (χ3n) is 4.93. The molecule has 3 rings (SSSR count). The Morgan fingerprint density at radius 2 is 2.00 bits per heavy atom. The molecule has 2 amide bonds. The monoisotopic (exact) mass is 371 g/mol. The highest BCUT2D eigenvalue weighted by Crippen LogP contribution is 2.26. The van der Waals surface area contributed by atoms with Crippen molar-refractivity contribution in [1.82, 2.24) is 15.6 Å². The average Bonchev–Trinajstić information content (AvgIpc) is 3.19. The molecule has 6 nitrogen and oxygen atoms in total. The van der Waals surface area contributed by atoms with Crippen molar-refractivity contribution in [1.29, 1.82) is 0 Å². The SMILES string of the molecule is O=C(N[C@@H]1CC[C@H](C(=O)NCC(F)(F)F)C1)c1cc2c([nH]c1=O)CCC2. The second-order valence-corrected chi connectivity index (χ2v) is 6.88. The van der Waals surface area contributed by atoms with Crippen molar-refractivity contribution in [2.75, 3.05) is 6.54 Å². The lowest BCUT2D eigenvalue weighted by Gasteiger charge is -2.14. The fourth-order valence-corrected chi connectivity index (χ4v) is 3.63. The number of hydrogen-bond donors (Lipinski definition) is 3. The molecule has 0 bridgehead atoms. The third-order valence-corrected chi connectivity index (χ3v) is 4.93. The Morgan fingerprint density at radius 1 is 1.23 bits per heavy atom. The molecule has 1 aromatic heterocycles. The summed E-state index contributed by atoms with van der Waals surface area (Å²) in [6.45, 7) is -1.36. The van der Waals surface area contributed by atoms with Crippen LogP contribution in [-0.4, -0.2) is 35.6 Å². The first-order valence-electron chi connectivity index (χ1n) is 8.63. The van der Waals surface area contributed by atoms with E-state index in [1.165, 1.54) is 0 Å². The highest BCUT2D eigenvalue weighted by molar-refractivity contribution is 5.94. The molecule has 26 heavy (non-hydrogen) atoms. The van der Waals surface area contributed by atoms with Crippen LogP contribution in [0.5, 0.6) is 0 Å². The van der Waals surface area contributed by atoms with E-state index in [1.807, 2.05) is 5.32 Å². The van der Waals surface area contributed by atoms with E-state index in [0.29, 0.717) is 12.8 Å². The molecule has 1 saturated carbocycles. The van der Waals surface area contributed by atoms with E-state index < -0.39 is 36.0 Å². The molecular weight excluding hydrogens is 351 g/mol. The van der Waals surface area contributed by atoms with Crippen LogP contribution in [-0.2, 0) is 17.6 Å². The van der Waals surface area contributed by atoms with Crippen LogP contribution in [0.25, 0.3) is 0 Å². The van der Waals surface area contributed by atoms with E-state index in [1.54, 1.807) is 6.07 Å². The molecular formula is C17H20F3N3O3. The van der Waals surface area contributed by atoms with Gasteiger partial charge in [-0.2, -0.15) is 13.2 Å². The summed E-state index contributed by atoms with van der Waals surface area (Å²) in [5.41, 5.74) is 1.43. The zero-order valence-corrected chi connectivity index (χ0v) is 14.0. The molecule has 9 heteroatoms. The first-order valence-corrected chi connectivity index (χ1v) is 8.63. The summed E-state index contributed by atoms with van der Waals surface area (Å²) in [5.74, 6) is -1.74. The van der Waals surface area contributed by atoms with E-state index in [9.17, 15) is 27.6 Å². The molecule has 0 radical (unpaired) electrons. The fraction of sp³-hybridized carbons (Fsp3) is 0.588. The van der Waals surface area contributed by atoms with E-state index >= 15 is 0 Å². The minimum Gasteiger partial charge on any atom is -0.349 e. The number of rotatable bonds is 4. The summed E-state index contributed by atoms with van der Waals surface area (Å²) in [6.07, 6.45) is -0.753. The van der Waals surface area contributed by atoms with Crippen LogP contribution in [0, 0.1) is 5.92 Å². The first-order chi connectivity index (χ1) is 12.2. The number of hydrogen-bond acceptors (Lipinski definition) is 3. The van der Waals surface area contributed by atoms with Crippen molar-refractivity contribution >= 4 is 11.8 Å². The average molecular weight is 371 g/mol. The smallest absolute Gasteiger partial charge is 0.349 e. The summed E-state index contributed by atoms with van der Waals surface area (Å²) in [4.78, 5) is 39.0. The Balaban J connectivity index is 1.56. The number of nitrogens with one attached hydrogen (secondary N) is 3. The van der Waals surface area contributed by atoms with Gasteiger partial charge in [0.05, 0.1) is 0 Å². The number of carbonyl (C=O) groups is 2. The molecule has 0 spiro atoms. The maximum absolute atomic E-state index is 12.4. The number of H-pyrrole nitrogens is 1. The molecule has 1 fully saturated rings. The van der Waals surface area contributed by atoms with Crippen molar-refractivity contribution < 1.29 is 22.8 Å². The van der Waals surface area contributed by atoms with Gasteiger partial charge in [-0.3, -0.25) is 14.4 Å². The summed E-state index contributed by atoms with van der Waals surface area (Å²) in [7, 11) is 0. The predicted octanol–water partition coefficient (Wildman–Crippen LogP) is 1.44. The first kappa shape index (κ1) is 18.5. The topological polar surface area (TPSA) is 91.1 Å². The number of pyridine rings is 1. The molecule has 0 aliphatic heterocycles. The van der Waals surface area contributed by atoms with Crippen molar-refractivity contribution in [3.05, 3.63) is 33.2 Å². The molecule has 142 valence electrons. The lowest BCUT2D eigenvalue weighted by Crippen LogP contribution is -2.39. The van der Waals surface area contributed by atoms with Crippen LogP contribution >= 0.6 is 0 Å². The number of fused-ring (bicyclic) bond motifs is 1. The summed E-state index contributed by atoms with van der Waals surface area (Å²) in [5, 5.41) is 4.60. The molecule has 3 N–H and O–H groups in total. The van der Waals surface area contributed by atoms with Gasteiger partial charge in [0, 0.05) is 17.7 Å². The Kier molecular flexibility index (Phi) is 5.06. The zero-order valence-electron chi connectivity index (χ0n) is 14.0. The van der Waals surface area contributed by atoms with Crippen molar-refractivity contribution in [2.45, 2.75) is 50.7 Å². The molecule has 0 unspecified atom stereocenters. The van der Waals surface area contributed by atoms with Crippen LogP contribution in [0.1, 0.15) is 47.3 Å². The van der Waals surface area contributed by atoms with Crippen LogP contribution in [0.15, 0.2) is 10.9 Å². The maximum atomic E-state index is 12.4. The summed E-state index contributed by atoms with van der Waals surface area (Å²) in [6, 6.07) is 1.27. The van der Waals surface area contributed by atoms with Crippen molar-refractivity contribution in [3.8, 4) is 0 Å². The molecule has 1 aromatic rings. The quantitative estimate of drug-likeness (QED) is 0.748. The molecule has 2 atom stereocenters. The molecule has 2 aliphatic carbocycles. The Morgan fingerprint density at radius 3 is 2.73 bits per heavy atom. The predicted molar refractivity (Wildman–Crippen MR) is 86.7 cm³/mol. The van der Waals surface area contributed by atoms with Gasteiger partial charge in [0.1, 0.15) is 12.1 Å². The number of halogens is 3. The number of amides is 2. The fourth-order valence-electron chi connectivity index (χ4n) is 3.63. The van der Waals surface area contributed by atoms with Gasteiger partial charge >= 0.3 is 6.18 Å². The normalized spacial score (nSPS) is 22.1. The lowest BCUT2D eigenvalue weighted by molar-refractivity contribution is -0.140. The zero-order chi connectivity index (χ0) is 18.9. The summed E-state index contributed by atoms with van der Waals surface area (Å²) < 4.78 is 36.5. The highest BCUT2D eigenvalue weighted by Gasteiger charge is 2.34. The lowest BCUT2D eigenvalue weighted by atomic mass is 10.1. The van der Waals surface area contributed by atoms with Gasteiger partial charge in [-0.1, -0.05) is 0 Å². The molecule has 1 heterocycles. The van der Waals surface area contributed by atoms with Gasteiger partial charge in [0.25, 0.3) is 11.5 Å². The highest BCUT2D eigenvalue weighted by atomic mass is 19.4. The van der Waals surface area contributed by atoms with Crippen LogP contribution in [0.4, 0.5) is 13.2 Å². The van der Waals surface area contributed by atoms with Crippen molar-refractivity contribution in [3.63, 3.8) is 0 Å². The number of alkyl halides is 3. The van der Waals surface area contributed by atoms with Gasteiger partial charge in [-0.05, 0) is 50.2 Å². The Hall–Kier alpha value is -2.32. The molecule has 0 aromatic carbocycles. The van der Waals surface area contributed by atoms with E-state index in [2.05, 4.69) is 10.3 Å².